The molecule has 6 heteroatoms. The van der Waals surface area contributed by atoms with Crippen molar-refractivity contribution in [1.82, 2.24) is 9.97 Å². The topological polar surface area (TPSA) is 78.4 Å². The van der Waals surface area contributed by atoms with Crippen molar-refractivity contribution >= 4 is 33.7 Å². The number of pyridine rings is 2. The quantitative estimate of drug-likeness (QED) is 0.533. The SMILES string of the molecule is COC(=O)c1ccc2ccc3ccc(C(=O)OC)nc3c2n1. The van der Waals surface area contributed by atoms with Crippen LogP contribution < -0.4 is 0 Å². The zero-order valence-electron chi connectivity index (χ0n) is 12.0. The van der Waals surface area contributed by atoms with Crippen molar-refractivity contribution in [2.24, 2.45) is 0 Å². The number of benzene rings is 1. The molecule has 0 radical (unpaired) electrons. The van der Waals surface area contributed by atoms with Crippen LogP contribution in [-0.2, 0) is 9.47 Å². The van der Waals surface area contributed by atoms with Crippen molar-refractivity contribution < 1.29 is 19.1 Å². The number of aromatic nitrogens is 2. The lowest BCUT2D eigenvalue weighted by molar-refractivity contribution is 0.0585. The molecule has 110 valence electrons. The zero-order valence-corrected chi connectivity index (χ0v) is 12.0. The molecule has 0 unspecified atom stereocenters. The van der Waals surface area contributed by atoms with Crippen molar-refractivity contribution in [3.05, 3.63) is 47.8 Å². The number of carbonyl (C=O) groups is 2. The minimum absolute atomic E-state index is 0.188. The number of hydrogen-bond donors (Lipinski definition) is 0. The van der Waals surface area contributed by atoms with Gasteiger partial charge in [0.25, 0.3) is 0 Å². The predicted octanol–water partition coefficient (Wildman–Crippen LogP) is 2.36. The van der Waals surface area contributed by atoms with Gasteiger partial charge in [0.1, 0.15) is 11.4 Å². The lowest BCUT2D eigenvalue weighted by atomic mass is 10.1. The Balaban J connectivity index is 2.31. The highest BCUT2D eigenvalue weighted by atomic mass is 16.5. The Morgan fingerprint density at radius 3 is 1.45 bits per heavy atom. The van der Waals surface area contributed by atoms with E-state index in [1.165, 1.54) is 14.2 Å². The molecule has 0 atom stereocenters. The Morgan fingerprint density at radius 2 is 1.09 bits per heavy atom. The van der Waals surface area contributed by atoms with Gasteiger partial charge >= 0.3 is 11.9 Å². The van der Waals surface area contributed by atoms with Gasteiger partial charge in [0, 0.05) is 10.8 Å². The van der Waals surface area contributed by atoms with Crippen LogP contribution >= 0.6 is 0 Å². The van der Waals surface area contributed by atoms with E-state index in [2.05, 4.69) is 19.4 Å². The van der Waals surface area contributed by atoms with Crippen molar-refractivity contribution in [3.63, 3.8) is 0 Å². The van der Waals surface area contributed by atoms with Crippen LogP contribution in [0.4, 0.5) is 0 Å². The standard InChI is InChI=1S/C16H12N2O4/c1-21-15(19)11-7-5-9-3-4-10-6-8-12(16(20)22-2)18-14(10)13(9)17-11/h3-8H,1-2H3. The van der Waals surface area contributed by atoms with E-state index in [-0.39, 0.29) is 11.4 Å². The van der Waals surface area contributed by atoms with Crippen LogP contribution in [0.1, 0.15) is 21.0 Å². The molecular weight excluding hydrogens is 284 g/mol. The molecule has 3 rings (SSSR count). The number of nitrogens with zero attached hydrogens (tertiary/aromatic N) is 2. The fraction of sp³-hybridized carbons (Fsp3) is 0.125. The van der Waals surface area contributed by atoms with Crippen LogP contribution in [0, 0.1) is 0 Å². The van der Waals surface area contributed by atoms with Crippen LogP contribution in [0.25, 0.3) is 21.8 Å². The fourth-order valence-corrected chi connectivity index (χ4v) is 2.20. The molecule has 0 saturated heterocycles. The third-order valence-corrected chi connectivity index (χ3v) is 3.31. The molecule has 3 aromatic rings. The van der Waals surface area contributed by atoms with Crippen LogP contribution in [0.2, 0.25) is 0 Å². The first kappa shape index (κ1) is 13.9. The minimum atomic E-state index is -0.525. The molecule has 2 aromatic heterocycles. The molecular formula is C16H12N2O4. The zero-order chi connectivity index (χ0) is 15.7. The van der Waals surface area contributed by atoms with Gasteiger partial charge in [-0.25, -0.2) is 19.6 Å². The third-order valence-electron chi connectivity index (χ3n) is 3.31. The monoisotopic (exact) mass is 296 g/mol. The Hall–Kier alpha value is -3.02. The number of hydrogen-bond acceptors (Lipinski definition) is 6. The summed E-state index contributed by atoms with van der Waals surface area (Å²) in [5.41, 5.74) is 1.44. The summed E-state index contributed by atoms with van der Waals surface area (Å²) in [5, 5.41) is 1.63. The van der Waals surface area contributed by atoms with E-state index in [0.717, 1.165) is 10.8 Å². The van der Waals surface area contributed by atoms with E-state index in [1.807, 2.05) is 12.1 Å². The van der Waals surface area contributed by atoms with Gasteiger partial charge < -0.3 is 9.47 Å². The molecule has 0 N–H and O–H groups in total. The number of methoxy groups -OCH3 is 2. The average Bonchev–Trinajstić information content (AvgIpc) is 2.59. The van der Waals surface area contributed by atoms with Crippen molar-refractivity contribution in [1.29, 1.82) is 0 Å². The highest BCUT2D eigenvalue weighted by Crippen LogP contribution is 2.23. The first-order valence-corrected chi connectivity index (χ1v) is 6.51. The van der Waals surface area contributed by atoms with Gasteiger partial charge in [0.15, 0.2) is 0 Å². The second kappa shape index (κ2) is 5.40. The lowest BCUT2D eigenvalue weighted by Crippen LogP contribution is -2.06. The molecule has 0 aliphatic rings. The Morgan fingerprint density at radius 1 is 0.727 bits per heavy atom. The molecule has 6 nitrogen and oxygen atoms in total. The molecule has 0 aliphatic heterocycles. The van der Waals surface area contributed by atoms with Crippen LogP contribution in [0.15, 0.2) is 36.4 Å². The molecule has 1 aromatic carbocycles. The first-order valence-electron chi connectivity index (χ1n) is 6.51. The first-order chi connectivity index (χ1) is 10.6. The molecule has 0 amide bonds. The van der Waals surface area contributed by atoms with Gasteiger partial charge in [-0.1, -0.05) is 24.3 Å². The molecule has 2 heterocycles. The van der Waals surface area contributed by atoms with Gasteiger partial charge in [-0.2, -0.15) is 0 Å². The van der Waals surface area contributed by atoms with E-state index in [0.29, 0.717) is 11.0 Å². The lowest BCUT2D eigenvalue weighted by Gasteiger charge is -2.06. The molecule has 0 spiro atoms. The van der Waals surface area contributed by atoms with Crippen molar-refractivity contribution in [3.8, 4) is 0 Å². The van der Waals surface area contributed by atoms with Gasteiger partial charge in [-0.05, 0) is 12.1 Å². The highest BCUT2D eigenvalue weighted by Gasteiger charge is 2.13. The third kappa shape index (κ3) is 2.24. The normalized spacial score (nSPS) is 10.6. The van der Waals surface area contributed by atoms with Crippen molar-refractivity contribution in [2.45, 2.75) is 0 Å². The highest BCUT2D eigenvalue weighted by molar-refractivity contribution is 6.05. The van der Waals surface area contributed by atoms with Gasteiger partial charge in [0.2, 0.25) is 0 Å². The van der Waals surface area contributed by atoms with Gasteiger partial charge in [-0.3, -0.25) is 0 Å². The van der Waals surface area contributed by atoms with Crippen LogP contribution in [0.5, 0.6) is 0 Å². The number of carbonyl (C=O) groups excluding carboxylic acids is 2. The Labute approximate surface area is 125 Å². The number of fused-ring (bicyclic) bond motifs is 3. The maximum atomic E-state index is 11.6. The molecule has 0 fully saturated rings. The van der Waals surface area contributed by atoms with Gasteiger partial charge in [0.05, 0.1) is 25.3 Å². The number of esters is 2. The number of rotatable bonds is 2. The Bertz CT molecular complexity index is 830. The van der Waals surface area contributed by atoms with E-state index in [9.17, 15) is 9.59 Å². The summed E-state index contributed by atoms with van der Waals surface area (Å²) in [6, 6.07) is 10.5. The largest absolute Gasteiger partial charge is 0.464 e. The number of ether oxygens (including phenoxy) is 2. The van der Waals surface area contributed by atoms with E-state index in [1.54, 1.807) is 24.3 Å². The summed E-state index contributed by atoms with van der Waals surface area (Å²) in [7, 11) is 2.59. The predicted molar refractivity (Wildman–Crippen MR) is 79.7 cm³/mol. The van der Waals surface area contributed by atoms with E-state index < -0.39 is 11.9 Å². The maximum Gasteiger partial charge on any atom is 0.356 e. The smallest absolute Gasteiger partial charge is 0.356 e. The van der Waals surface area contributed by atoms with Crippen LogP contribution in [-0.4, -0.2) is 36.1 Å². The average molecular weight is 296 g/mol. The van der Waals surface area contributed by atoms with Gasteiger partial charge in [-0.15, -0.1) is 0 Å². The second-order valence-electron chi connectivity index (χ2n) is 4.59. The fourth-order valence-electron chi connectivity index (χ4n) is 2.20. The summed E-state index contributed by atoms with van der Waals surface area (Å²) < 4.78 is 9.36. The molecule has 0 aliphatic carbocycles. The van der Waals surface area contributed by atoms with Crippen LogP contribution in [0.3, 0.4) is 0 Å². The van der Waals surface area contributed by atoms with E-state index in [4.69, 9.17) is 0 Å². The summed E-state index contributed by atoms with van der Waals surface area (Å²) in [6.07, 6.45) is 0. The van der Waals surface area contributed by atoms with Crippen molar-refractivity contribution in [2.75, 3.05) is 14.2 Å². The summed E-state index contributed by atoms with van der Waals surface area (Å²) in [4.78, 5) is 31.9. The second-order valence-corrected chi connectivity index (χ2v) is 4.59. The summed E-state index contributed by atoms with van der Waals surface area (Å²) in [6.45, 7) is 0. The summed E-state index contributed by atoms with van der Waals surface area (Å²) in [5.74, 6) is -1.05. The maximum absolute atomic E-state index is 11.6. The summed E-state index contributed by atoms with van der Waals surface area (Å²) >= 11 is 0. The molecule has 0 bridgehead atoms. The Kier molecular flexibility index (Phi) is 3.42. The molecule has 22 heavy (non-hydrogen) atoms. The van der Waals surface area contributed by atoms with E-state index >= 15 is 0 Å². The molecule has 0 saturated carbocycles. The minimum Gasteiger partial charge on any atom is -0.464 e.